The number of carbonyl (C=O) groups excluding carboxylic acids is 1. The highest BCUT2D eigenvalue weighted by Crippen LogP contribution is 2.29. The lowest BCUT2D eigenvalue weighted by Gasteiger charge is -2.19. The molecule has 0 aliphatic carbocycles. The van der Waals surface area contributed by atoms with Gasteiger partial charge in [0.2, 0.25) is 5.88 Å². The molecular weight excluding hydrogens is 296 g/mol. The highest BCUT2D eigenvalue weighted by atomic mass is 16.6. The van der Waals surface area contributed by atoms with E-state index in [0.29, 0.717) is 24.7 Å². The normalized spacial score (nSPS) is 12.0. The van der Waals surface area contributed by atoms with E-state index in [0.717, 1.165) is 11.3 Å². The molecule has 1 aromatic heterocycles. The number of aryl methyl sites for hydroxylation is 2. The van der Waals surface area contributed by atoms with E-state index < -0.39 is 11.7 Å². The van der Waals surface area contributed by atoms with E-state index in [1.165, 1.54) is 0 Å². The number of hydrogen-bond donors (Lipinski definition) is 1. The van der Waals surface area contributed by atoms with Gasteiger partial charge in [-0.05, 0) is 41.3 Å². The molecule has 0 aromatic carbocycles. The summed E-state index contributed by atoms with van der Waals surface area (Å²) in [6.45, 7) is 13.4. The van der Waals surface area contributed by atoms with Crippen molar-refractivity contribution < 1.29 is 14.3 Å². The van der Waals surface area contributed by atoms with Crippen molar-refractivity contribution >= 4 is 18.5 Å². The SMILES string of the molecule is C=N/C(=C\C)c1c(C)nn(C)c1OCCNC(=O)OC(C)(C)C. The first-order valence-electron chi connectivity index (χ1n) is 7.46. The van der Waals surface area contributed by atoms with Crippen LogP contribution < -0.4 is 10.1 Å². The van der Waals surface area contributed by atoms with Crippen LogP contribution in [0.5, 0.6) is 5.88 Å². The molecule has 0 saturated carbocycles. The van der Waals surface area contributed by atoms with Gasteiger partial charge in [0.25, 0.3) is 0 Å². The van der Waals surface area contributed by atoms with Crippen molar-refractivity contribution in [3.8, 4) is 5.88 Å². The van der Waals surface area contributed by atoms with E-state index in [1.54, 1.807) is 11.7 Å². The van der Waals surface area contributed by atoms with E-state index in [-0.39, 0.29) is 0 Å². The van der Waals surface area contributed by atoms with Crippen LogP contribution >= 0.6 is 0 Å². The van der Waals surface area contributed by atoms with Gasteiger partial charge in [-0.25, -0.2) is 9.48 Å². The van der Waals surface area contributed by atoms with Crippen molar-refractivity contribution in [3.05, 3.63) is 17.3 Å². The third kappa shape index (κ3) is 5.43. The second-order valence-electron chi connectivity index (χ2n) is 6.00. The van der Waals surface area contributed by atoms with Crippen molar-refractivity contribution in [2.45, 2.75) is 40.2 Å². The molecule has 0 unspecified atom stereocenters. The number of aliphatic imine (C=N–C) groups is 1. The zero-order valence-corrected chi connectivity index (χ0v) is 14.8. The summed E-state index contributed by atoms with van der Waals surface area (Å²) in [6.07, 6.45) is 1.38. The molecule has 1 aromatic rings. The molecule has 0 saturated heterocycles. The Bertz CT molecular complexity index is 597. The summed E-state index contributed by atoms with van der Waals surface area (Å²) < 4.78 is 12.6. The fraction of sp³-hybridized carbons (Fsp3) is 0.562. The summed E-state index contributed by atoms with van der Waals surface area (Å²) in [5, 5.41) is 6.99. The molecule has 128 valence electrons. The Labute approximate surface area is 137 Å². The fourth-order valence-corrected chi connectivity index (χ4v) is 2.03. The van der Waals surface area contributed by atoms with Crippen molar-refractivity contribution in [1.82, 2.24) is 15.1 Å². The third-order valence-electron chi connectivity index (χ3n) is 2.88. The van der Waals surface area contributed by atoms with Gasteiger partial charge >= 0.3 is 6.09 Å². The lowest BCUT2D eigenvalue weighted by Crippen LogP contribution is -2.34. The molecule has 7 nitrogen and oxygen atoms in total. The Morgan fingerprint density at radius 2 is 2.13 bits per heavy atom. The topological polar surface area (TPSA) is 77.7 Å². The fourth-order valence-electron chi connectivity index (χ4n) is 2.03. The number of alkyl carbamates (subject to hydrolysis) is 1. The second-order valence-corrected chi connectivity index (χ2v) is 6.00. The van der Waals surface area contributed by atoms with Crippen molar-refractivity contribution in [1.29, 1.82) is 0 Å². The smallest absolute Gasteiger partial charge is 0.407 e. The van der Waals surface area contributed by atoms with Crippen LogP contribution in [0.1, 0.15) is 39.0 Å². The highest BCUT2D eigenvalue weighted by Gasteiger charge is 2.18. The van der Waals surface area contributed by atoms with Crippen LogP contribution in [0.2, 0.25) is 0 Å². The lowest BCUT2D eigenvalue weighted by molar-refractivity contribution is 0.0519. The molecule has 23 heavy (non-hydrogen) atoms. The second kappa shape index (κ2) is 7.80. The number of nitrogens with one attached hydrogen (secondary N) is 1. The van der Waals surface area contributed by atoms with Gasteiger partial charge in [-0.2, -0.15) is 5.10 Å². The van der Waals surface area contributed by atoms with Crippen molar-refractivity contribution in [3.63, 3.8) is 0 Å². The van der Waals surface area contributed by atoms with Gasteiger partial charge in [0.05, 0.1) is 23.5 Å². The Morgan fingerprint density at radius 1 is 1.48 bits per heavy atom. The minimum atomic E-state index is -0.520. The van der Waals surface area contributed by atoms with Crippen LogP contribution in [0, 0.1) is 6.92 Å². The van der Waals surface area contributed by atoms with E-state index in [9.17, 15) is 4.79 Å². The average Bonchev–Trinajstić information content (AvgIpc) is 2.70. The van der Waals surface area contributed by atoms with Gasteiger partial charge in [-0.15, -0.1) is 0 Å². The molecule has 0 aliphatic heterocycles. The van der Waals surface area contributed by atoms with Gasteiger partial charge < -0.3 is 14.8 Å². The monoisotopic (exact) mass is 322 g/mol. The first-order chi connectivity index (χ1) is 10.7. The van der Waals surface area contributed by atoms with Crippen LogP contribution in [-0.4, -0.2) is 41.3 Å². The van der Waals surface area contributed by atoms with Gasteiger partial charge in [0.15, 0.2) is 0 Å². The Kier molecular flexibility index (Phi) is 6.36. The van der Waals surface area contributed by atoms with Crippen LogP contribution in [0.15, 0.2) is 11.1 Å². The van der Waals surface area contributed by atoms with Crippen molar-refractivity contribution in [2.24, 2.45) is 12.0 Å². The van der Waals surface area contributed by atoms with Crippen molar-refractivity contribution in [2.75, 3.05) is 13.2 Å². The molecule has 1 rings (SSSR count). The Balaban J connectivity index is 2.66. The molecule has 0 atom stereocenters. The number of ether oxygens (including phenoxy) is 2. The molecule has 0 fully saturated rings. The number of rotatable bonds is 6. The van der Waals surface area contributed by atoms with Gasteiger partial charge in [0.1, 0.15) is 12.2 Å². The van der Waals surface area contributed by atoms with Gasteiger partial charge in [0, 0.05) is 7.05 Å². The van der Waals surface area contributed by atoms with E-state index in [4.69, 9.17) is 9.47 Å². The summed E-state index contributed by atoms with van der Waals surface area (Å²) in [6, 6.07) is 0. The average molecular weight is 322 g/mol. The maximum Gasteiger partial charge on any atom is 0.407 e. The van der Waals surface area contributed by atoms with Gasteiger partial charge in [-0.3, -0.25) is 4.99 Å². The van der Waals surface area contributed by atoms with Crippen LogP contribution in [0.3, 0.4) is 0 Å². The molecule has 1 amide bonds. The highest BCUT2D eigenvalue weighted by molar-refractivity contribution is 5.72. The quantitative estimate of drug-likeness (QED) is 0.645. The summed E-state index contributed by atoms with van der Waals surface area (Å²) >= 11 is 0. The Hall–Kier alpha value is -2.31. The molecule has 0 spiro atoms. The number of hydrogen-bond acceptors (Lipinski definition) is 5. The number of allylic oxidation sites excluding steroid dienone is 1. The molecule has 7 heteroatoms. The number of carbonyl (C=O) groups is 1. The molecule has 0 bridgehead atoms. The molecule has 1 heterocycles. The first-order valence-corrected chi connectivity index (χ1v) is 7.46. The summed E-state index contributed by atoms with van der Waals surface area (Å²) in [7, 11) is 1.80. The molecule has 0 radical (unpaired) electrons. The summed E-state index contributed by atoms with van der Waals surface area (Å²) in [5.74, 6) is 0.592. The molecular formula is C16H26N4O3. The van der Waals surface area contributed by atoms with E-state index in [1.807, 2.05) is 40.7 Å². The van der Waals surface area contributed by atoms with Crippen LogP contribution in [0.4, 0.5) is 4.79 Å². The van der Waals surface area contributed by atoms with Crippen LogP contribution in [0.25, 0.3) is 5.70 Å². The summed E-state index contributed by atoms with van der Waals surface area (Å²) in [4.78, 5) is 15.6. The van der Waals surface area contributed by atoms with Gasteiger partial charge in [-0.1, -0.05) is 6.08 Å². The zero-order chi connectivity index (χ0) is 17.6. The standard InChI is InChI=1S/C16H26N4O3/c1-8-12(17-6)13-11(2)19-20(7)14(13)22-10-9-18-15(21)23-16(3,4)5/h8H,6,9-10H2,1-5,7H3,(H,18,21)/b12-8-. The predicted molar refractivity (Wildman–Crippen MR) is 90.9 cm³/mol. The summed E-state index contributed by atoms with van der Waals surface area (Å²) in [5.41, 5.74) is 1.81. The largest absolute Gasteiger partial charge is 0.475 e. The lowest BCUT2D eigenvalue weighted by atomic mass is 10.2. The number of amides is 1. The molecule has 0 aliphatic rings. The third-order valence-corrected chi connectivity index (χ3v) is 2.88. The van der Waals surface area contributed by atoms with E-state index >= 15 is 0 Å². The zero-order valence-electron chi connectivity index (χ0n) is 14.8. The predicted octanol–water partition coefficient (Wildman–Crippen LogP) is 2.69. The van der Waals surface area contributed by atoms with Crippen LogP contribution in [-0.2, 0) is 11.8 Å². The maximum atomic E-state index is 11.6. The number of aromatic nitrogens is 2. The Morgan fingerprint density at radius 3 is 2.65 bits per heavy atom. The minimum Gasteiger partial charge on any atom is -0.475 e. The number of nitrogens with zero attached hydrogens (tertiary/aromatic N) is 3. The van der Waals surface area contributed by atoms with E-state index in [2.05, 4.69) is 22.1 Å². The minimum absolute atomic E-state index is 0.291. The maximum absolute atomic E-state index is 11.6. The molecule has 1 N–H and O–H groups in total. The first kappa shape index (κ1) is 18.7.